The lowest BCUT2D eigenvalue weighted by Crippen LogP contribution is -2.41. The molecule has 1 aromatic carbocycles. The third-order valence-electron chi connectivity index (χ3n) is 3.71. The van der Waals surface area contributed by atoms with Crippen LogP contribution in [0.3, 0.4) is 0 Å². The van der Waals surface area contributed by atoms with Gasteiger partial charge in [-0.15, -0.1) is 0 Å². The van der Waals surface area contributed by atoms with Crippen LogP contribution in [0, 0.1) is 6.92 Å². The van der Waals surface area contributed by atoms with Gasteiger partial charge in [-0.1, -0.05) is 24.3 Å². The summed E-state index contributed by atoms with van der Waals surface area (Å²) in [6.45, 7) is 2.49. The van der Waals surface area contributed by atoms with Crippen molar-refractivity contribution in [1.82, 2.24) is 9.78 Å². The van der Waals surface area contributed by atoms with Gasteiger partial charge >= 0.3 is 0 Å². The minimum atomic E-state index is -0.436. The number of aromatic nitrogens is 2. The molecule has 2 rings (SSSR count). The number of nitrogens with two attached hydrogens (primary N) is 1. The van der Waals surface area contributed by atoms with Crippen molar-refractivity contribution in [2.45, 2.75) is 18.8 Å². The van der Waals surface area contributed by atoms with Crippen molar-refractivity contribution in [3.05, 3.63) is 53.3 Å². The van der Waals surface area contributed by atoms with E-state index in [0.29, 0.717) is 13.0 Å². The van der Waals surface area contributed by atoms with Crippen LogP contribution in [0.15, 0.2) is 36.7 Å². The Labute approximate surface area is 113 Å². The Morgan fingerprint density at radius 1 is 1.37 bits per heavy atom. The van der Waals surface area contributed by atoms with Crippen LogP contribution in [0.25, 0.3) is 0 Å². The number of benzene rings is 1. The van der Waals surface area contributed by atoms with Crippen LogP contribution in [-0.2, 0) is 18.9 Å². The van der Waals surface area contributed by atoms with Gasteiger partial charge in [-0.05, 0) is 30.0 Å². The second kappa shape index (κ2) is 5.55. The lowest BCUT2D eigenvalue weighted by atomic mass is 9.75. The smallest absolute Gasteiger partial charge is 0.0543 e. The molecule has 0 spiro atoms. The van der Waals surface area contributed by atoms with E-state index in [-0.39, 0.29) is 6.61 Å². The van der Waals surface area contributed by atoms with Crippen LogP contribution in [0.5, 0.6) is 0 Å². The number of nitrogens with zero attached hydrogens (tertiary/aromatic N) is 2. The molecule has 2 aromatic rings. The maximum Gasteiger partial charge on any atom is 0.0543 e. The molecule has 1 atom stereocenters. The summed E-state index contributed by atoms with van der Waals surface area (Å²) < 4.78 is 1.77. The summed E-state index contributed by atoms with van der Waals surface area (Å²) in [5.74, 6) is 0. The molecule has 0 saturated heterocycles. The predicted molar refractivity (Wildman–Crippen MR) is 75.9 cm³/mol. The van der Waals surface area contributed by atoms with E-state index >= 15 is 0 Å². The van der Waals surface area contributed by atoms with Crippen molar-refractivity contribution in [2.75, 3.05) is 13.2 Å². The molecular weight excluding hydrogens is 238 g/mol. The average molecular weight is 259 g/mol. The first-order valence-corrected chi connectivity index (χ1v) is 6.46. The first-order chi connectivity index (χ1) is 9.11. The number of hydrogen-bond donors (Lipinski definition) is 2. The van der Waals surface area contributed by atoms with Crippen molar-refractivity contribution < 1.29 is 5.11 Å². The Kier molecular flexibility index (Phi) is 4.02. The van der Waals surface area contributed by atoms with Crippen LogP contribution in [-0.4, -0.2) is 28.0 Å². The van der Waals surface area contributed by atoms with Crippen molar-refractivity contribution in [1.29, 1.82) is 0 Å². The molecule has 0 aliphatic carbocycles. The first kappa shape index (κ1) is 13.8. The second-order valence-electron chi connectivity index (χ2n) is 5.16. The molecule has 0 amide bonds. The lowest BCUT2D eigenvalue weighted by Gasteiger charge is -2.32. The fraction of sp³-hybridized carbons (Fsp3) is 0.400. The van der Waals surface area contributed by atoms with E-state index in [0.717, 1.165) is 16.7 Å². The van der Waals surface area contributed by atoms with Gasteiger partial charge in [0, 0.05) is 25.2 Å². The molecule has 0 fully saturated rings. The summed E-state index contributed by atoms with van der Waals surface area (Å²) in [4.78, 5) is 0. The molecule has 4 nitrogen and oxygen atoms in total. The Hall–Kier alpha value is -1.65. The van der Waals surface area contributed by atoms with Gasteiger partial charge in [0.2, 0.25) is 0 Å². The third kappa shape index (κ3) is 2.69. The summed E-state index contributed by atoms with van der Waals surface area (Å²) >= 11 is 0. The van der Waals surface area contributed by atoms with Gasteiger partial charge in [-0.3, -0.25) is 4.68 Å². The van der Waals surface area contributed by atoms with E-state index in [4.69, 9.17) is 5.73 Å². The van der Waals surface area contributed by atoms with Gasteiger partial charge in [-0.25, -0.2) is 0 Å². The van der Waals surface area contributed by atoms with Crippen LogP contribution >= 0.6 is 0 Å². The highest BCUT2D eigenvalue weighted by molar-refractivity contribution is 5.36. The number of aryl methyl sites for hydroxylation is 2. The molecule has 102 valence electrons. The number of aliphatic hydroxyl groups is 1. The zero-order valence-corrected chi connectivity index (χ0v) is 11.5. The maximum atomic E-state index is 9.92. The topological polar surface area (TPSA) is 64.1 Å². The Balaban J connectivity index is 2.40. The zero-order chi connectivity index (χ0) is 13.9. The molecule has 0 radical (unpaired) electrons. The fourth-order valence-electron chi connectivity index (χ4n) is 2.60. The van der Waals surface area contributed by atoms with Crippen molar-refractivity contribution in [2.24, 2.45) is 12.8 Å². The number of aliphatic hydroxyl groups excluding tert-OH is 1. The molecule has 1 heterocycles. The van der Waals surface area contributed by atoms with Gasteiger partial charge in [0.1, 0.15) is 0 Å². The molecular formula is C15H21N3O. The highest BCUT2D eigenvalue weighted by atomic mass is 16.3. The molecule has 19 heavy (non-hydrogen) atoms. The standard InChI is InChI=1S/C15H21N3O/c1-12-5-3-4-6-14(12)15(10-16,11-19)7-13-8-17-18(2)9-13/h3-6,8-9,19H,7,10-11,16H2,1-2H3. The molecule has 1 unspecified atom stereocenters. The van der Waals surface area contributed by atoms with Crippen LogP contribution < -0.4 is 5.73 Å². The monoisotopic (exact) mass is 259 g/mol. The predicted octanol–water partition coefficient (Wildman–Crippen LogP) is 1.16. The molecule has 0 aliphatic heterocycles. The van der Waals surface area contributed by atoms with Gasteiger partial charge < -0.3 is 10.8 Å². The summed E-state index contributed by atoms with van der Waals surface area (Å²) in [5.41, 5.74) is 8.91. The Morgan fingerprint density at radius 2 is 2.11 bits per heavy atom. The SMILES string of the molecule is Cc1ccccc1C(CN)(CO)Cc1cnn(C)c1. The minimum absolute atomic E-state index is 0.0310. The van der Waals surface area contributed by atoms with Crippen molar-refractivity contribution >= 4 is 0 Å². The molecule has 1 aromatic heterocycles. The van der Waals surface area contributed by atoms with Gasteiger partial charge in [-0.2, -0.15) is 5.10 Å². The fourth-order valence-corrected chi connectivity index (χ4v) is 2.60. The molecule has 0 saturated carbocycles. The van der Waals surface area contributed by atoms with E-state index < -0.39 is 5.41 Å². The summed E-state index contributed by atoms with van der Waals surface area (Å²) in [6.07, 6.45) is 4.50. The molecule has 0 bridgehead atoms. The van der Waals surface area contributed by atoms with E-state index in [1.807, 2.05) is 31.6 Å². The molecule has 4 heteroatoms. The highest BCUT2D eigenvalue weighted by Crippen LogP contribution is 2.29. The van der Waals surface area contributed by atoms with Crippen LogP contribution in [0.4, 0.5) is 0 Å². The van der Waals surface area contributed by atoms with E-state index in [1.165, 1.54) is 0 Å². The average Bonchev–Trinajstić information content (AvgIpc) is 2.82. The largest absolute Gasteiger partial charge is 0.395 e. The number of hydrogen-bond acceptors (Lipinski definition) is 3. The normalized spacial score (nSPS) is 14.3. The second-order valence-corrected chi connectivity index (χ2v) is 5.16. The quantitative estimate of drug-likeness (QED) is 0.847. The van der Waals surface area contributed by atoms with Crippen LogP contribution in [0.2, 0.25) is 0 Å². The Bertz CT molecular complexity index is 544. The van der Waals surface area contributed by atoms with Gasteiger partial charge in [0.25, 0.3) is 0 Å². The van der Waals surface area contributed by atoms with E-state index in [2.05, 4.69) is 24.2 Å². The summed E-state index contributed by atoms with van der Waals surface area (Å²) in [7, 11) is 1.89. The minimum Gasteiger partial charge on any atom is -0.395 e. The number of rotatable bonds is 5. The van der Waals surface area contributed by atoms with Gasteiger partial charge in [0.15, 0.2) is 0 Å². The van der Waals surface area contributed by atoms with E-state index in [1.54, 1.807) is 4.68 Å². The van der Waals surface area contributed by atoms with Crippen LogP contribution in [0.1, 0.15) is 16.7 Å². The van der Waals surface area contributed by atoms with Gasteiger partial charge in [0.05, 0.1) is 12.8 Å². The summed E-state index contributed by atoms with van der Waals surface area (Å²) in [6, 6.07) is 8.10. The molecule has 0 aliphatic rings. The summed E-state index contributed by atoms with van der Waals surface area (Å²) in [5, 5.41) is 14.1. The third-order valence-corrected chi connectivity index (χ3v) is 3.71. The first-order valence-electron chi connectivity index (χ1n) is 6.46. The maximum absolute atomic E-state index is 9.92. The molecule has 3 N–H and O–H groups in total. The lowest BCUT2D eigenvalue weighted by molar-refractivity contribution is 0.195. The Morgan fingerprint density at radius 3 is 2.63 bits per heavy atom. The highest BCUT2D eigenvalue weighted by Gasteiger charge is 2.32. The van der Waals surface area contributed by atoms with Crippen molar-refractivity contribution in [3.63, 3.8) is 0 Å². The van der Waals surface area contributed by atoms with E-state index in [9.17, 15) is 5.11 Å². The zero-order valence-electron chi connectivity index (χ0n) is 11.5. The van der Waals surface area contributed by atoms with Crippen molar-refractivity contribution in [3.8, 4) is 0 Å².